The van der Waals surface area contributed by atoms with Gasteiger partial charge in [0.1, 0.15) is 12.1 Å². The number of hydrogen-bond acceptors (Lipinski definition) is 5. The van der Waals surface area contributed by atoms with Crippen molar-refractivity contribution in [1.29, 1.82) is 0 Å². The van der Waals surface area contributed by atoms with E-state index in [1.54, 1.807) is 30.5 Å². The molecule has 53 heavy (non-hydrogen) atoms. The molecule has 0 aliphatic rings. The lowest BCUT2D eigenvalue weighted by Crippen LogP contribution is -2.58. The van der Waals surface area contributed by atoms with Crippen LogP contribution in [0.15, 0.2) is 132 Å². The van der Waals surface area contributed by atoms with E-state index in [0.29, 0.717) is 21.0 Å². The van der Waals surface area contributed by atoms with Crippen molar-refractivity contribution >= 4 is 38.6 Å². The molecule has 0 spiro atoms. The summed E-state index contributed by atoms with van der Waals surface area (Å²) in [6.07, 6.45) is 1.45. The third-order valence-corrected chi connectivity index (χ3v) is 11.3. The molecule has 3 amide bonds. The summed E-state index contributed by atoms with van der Waals surface area (Å²) in [6, 6.07) is 33.2. The minimum absolute atomic E-state index is 0.0422. The Kier molecular flexibility index (Phi) is 10.6. The lowest BCUT2D eigenvalue weighted by molar-refractivity contribution is -0.137. The van der Waals surface area contributed by atoms with E-state index in [4.69, 9.17) is 5.73 Å². The SMILES string of the molecule is Cc1ccc(S(=O)(=O)N(C(=O)[C@H](Cc2ccc(-c3ccccc3)cc2)N(C)C(=O)c2cc(C)cc(C)c2)[C@@H](Cc2c[nH]c3ccccc23)C(N)=O)cc1. The Hall–Kier alpha value is -6.00. The number of carbonyl (C=O) groups excluding carboxylic acids is 3. The van der Waals surface area contributed by atoms with Crippen LogP contribution >= 0.6 is 0 Å². The number of nitrogens with two attached hydrogens (primary N) is 1. The second-order valence-corrected chi connectivity index (χ2v) is 15.3. The van der Waals surface area contributed by atoms with Gasteiger partial charge in [-0.25, -0.2) is 12.7 Å². The van der Waals surface area contributed by atoms with E-state index in [0.717, 1.165) is 38.7 Å². The summed E-state index contributed by atoms with van der Waals surface area (Å²) in [5.41, 5.74) is 12.9. The Morgan fingerprint density at radius 2 is 1.30 bits per heavy atom. The third-order valence-electron chi connectivity index (χ3n) is 9.53. The van der Waals surface area contributed by atoms with Crippen LogP contribution in [0.2, 0.25) is 0 Å². The summed E-state index contributed by atoms with van der Waals surface area (Å²) in [7, 11) is -3.22. The number of nitrogens with one attached hydrogen (secondary N) is 1. The highest BCUT2D eigenvalue weighted by Gasteiger charge is 2.44. The maximum Gasteiger partial charge on any atom is 0.267 e. The molecule has 1 aromatic heterocycles. The molecular formula is C43H42N4O5S. The number of amides is 3. The Labute approximate surface area is 310 Å². The van der Waals surface area contributed by atoms with Gasteiger partial charge in [0.05, 0.1) is 4.90 Å². The van der Waals surface area contributed by atoms with Crippen molar-refractivity contribution < 1.29 is 22.8 Å². The van der Waals surface area contributed by atoms with Crippen molar-refractivity contribution in [2.45, 2.75) is 50.6 Å². The van der Waals surface area contributed by atoms with Crippen LogP contribution in [0.4, 0.5) is 0 Å². The normalized spacial score (nSPS) is 12.6. The number of likely N-dealkylation sites (N-methyl/N-ethyl adjacent to an activating group) is 1. The Morgan fingerprint density at radius 3 is 1.94 bits per heavy atom. The molecule has 0 saturated heterocycles. The topological polar surface area (TPSA) is 134 Å². The number of H-pyrrole nitrogens is 1. The molecule has 0 aliphatic carbocycles. The first kappa shape index (κ1) is 36.8. The molecule has 0 saturated carbocycles. The molecule has 9 nitrogen and oxygen atoms in total. The molecule has 6 rings (SSSR count). The van der Waals surface area contributed by atoms with E-state index >= 15 is 4.79 Å². The average Bonchev–Trinajstić information content (AvgIpc) is 3.55. The van der Waals surface area contributed by atoms with Gasteiger partial charge in [0.25, 0.3) is 21.8 Å². The quantitative estimate of drug-likeness (QED) is 0.144. The van der Waals surface area contributed by atoms with Crippen LogP contribution in [0.5, 0.6) is 0 Å². The van der Waals surface area contributed by atoms with E-state index in [9.17, 15) is 18.0 Å². The molecule has 5 aromatic carbocycles. The molecule has 6 aromatic rings. The zero-order chi connectivity index (χ0) is 37.9. The first-order chi connectivity index (χ1) is 25.3. The Balaban J connectivity index is 1.48. The average molecular weight is 727 g/mol. The van der Waals surface area contributed by atoms with Gasteiger partial charge in [-0.1, -0.05) is 108 Å². The number of benzene rings is 5. The number of aromatic amines is 1. The molecule has 270 valence electrons. The van der Waals surface area contributed by atoms with Crippen molar-refractivity contribution in [2.75, 3.05) is 7.05 Å². The van der Waals surface area contributed by atoms with Gasteiger partial charge in [-0.2, -0.15) is 0 Å². The molecule has 0 aliphatic heterocycles. The fraction of sp³-hybridized carbons (Fsp3) is 0.186. The van der Waals surface area contributed by atoms with E-state index in [1.165, 1.54) is 24.1 Å². The van der Waals surface area contributed by atoms with Crippen molar-refractivity contribution in [1.82, 2.24) is 14.2 Å². The first-order valence-electron chi connectivity index (χ1n) is 17.3. The van der Waals surface area contributed by atoms with Gasteiger partial charge in [-0.3, -0.25) is 14.4 Å². The minimum Gasteiger partial charge on any atom is -0.368 e. The summed E-state index contributed by atoms with van der Waals surface area (Å²) in [6.45, 7) is 5.56. The predicted molar refractivity (Wildman–Crippen MR) is 208 cm³/mol. The maximum atomic E-state index is 15.2. The third kappa shape index (κ3) is 7.93. The summed E-state index contributed by atoms with van der Waals surface area (Å²) in [4.78, 5) is 47.1. The van der Waals surface area contributed by atoms with E-state index < -0.39 is 39.8 Å². The second-order valence-electron chi connectivity index (χ2n) is 13.5. The zero-order valence-corrected chi connectivity index (χ0v) is 30.9. The van der Waals surface area contributed by atoms with Gasteiger partial charge in [0.15, 0.2) is 0 Å². The zero-order valence-electron chi connectivity index (χ0n) is 30.1. The van der Waals surface area contributed by atoms with Crippen molar-refractivity contribution in [2.24, 2.45) is 5.73 Å². The van der Waals surface area contributed by atoms with Crippen LogP contribution < -0.4 is 5.73 Å². The summed E-state index contributed by atoms with van der Waals surface area (Å²) in [5, 5.41) is 0.760. The number of hydrogen-bond donors (Lipinski definition) is 2. The van der Waals surface area contributed by atoms with Crippen molar-refractivity contribution in [3.63, 3.8) is 0 Å². The van der Waals surface area contributed by atoms with Gasteiger partial charge in [-0.15, -0.1) is 0 Å². The van der Waals surface area contributed by atoms with Crippen LogP contribution in [-0.2, 0) is 32.5 Å². The maximum absolute atomic E-state index is 15.2. The van der Waals surface area contributed by atoms with Crippen LogP contribution in [0.3, 0.4) is 0 Å². The van der Waals surface area contributed by atoms with Crippen LogP contribution in [-0.4, -0.2) is 59.5 Å². The molecule has 10 heteroatoms. The highest BCUT2D eigenvalue weighted by molar-refractivity contribution is 7.89. The molecule has 0 fully saturated rings. The van der Waals surface area contributed by atoms with E-state index in [-0.39, 0.29) is 17.7 Å². The van der Waals surface area contributed by atoms with E-state index in [1.807, 2.05) is 106 Å². The van der Waals surface area contributed by atoms with Gasteiger partial charge in [-0.05, 0) is 73.4 Å². The predicted octanol–water partition coefficient (Wildman–Crippen LogP) is 6.76. The van der Waals surface area contributed by atoms with Gasteiger partial charge < -0.3 is 15.6 Å². The molecule has 0 radical (unpaired) electrons. The monoisotopic (exact) mass is 726 g/mol. The standard InChI is InChI=1S/C43H42N4O5S/c1-28-14-20-36(21-15-28)53(51,52)47(39(41(44)48)26-35-27-45-38-13-9-8-12-37(35)38)43(50)40(46(4)42(49)34-23-29(2)22-30(3)24-34)25-31-16-18-33(19-17-31)32-10-6-5-7-11-32/h5-24,27,39-40,45H,25-26H2,1-4H3,(H2,44,48)/t39-,40-/m0/s1. The molecular weight excluding hydrogens is 685 g/mol. The van der Waals surface area contributed by atoms with Gasteiger partial charge in [0, 0.05) is 42.6 Å². The molecule has 0 unspecified atom stereocenters. The number of sulfonamides is 1. The minimum atomic E-state index is -4.70. The molecule has 2 atom stereocenters. The first-order valence-corrected chi connectivity index (χ1v) is 18.8. The summed E-state index contributed by atoms with van der Waals surface area (Å²) in [5.74, 6) is -2.44. The van der Waals surface area contributed by atoms with Crippen LogP contribution in [0, 0.1) is 20.8 Å². The smallest absolute Gasteiger partial charge is 0.267 e. The number of fused-ring (bicyclic) bond motifs is 1. The Bertz CT molecular complexity index is 2370. The lowest BCUT2D eigenvalue weighted by atomic mass is 9.98. The largest absolute Gasteiger partial charge is 0.368 e. The number of nitrogens with zero attached hydrogens (tertiary/aromatic N) is 2. The molecule has 0 bridgehead atoms. The lowest BCUT2D eigenvalue weighted by Gasteiger charge is -2.35. The number of carbonyl (C=O) groups is 3. The highest BCUT2D eigenvalue weighted by Crippen LogP contribution is 2.28. The van der Waals surface area contributed by atoms with E-state index in [2.05, 4.69) is 4.98 Å². The van der Waals surface area contributed by atoms with Gasteiger partial charge in [0.2, 0.25) is 5.91 Å². The number of para-hydroxylation sites is 1. The second kappa shape index (κ2) is 15.3. The summed E-state index contributed by atoms with van der Waals surface area (Å²) < 4.78 is 30.0. The molecule has 3 N–H and O–H groups in total. The number of aromatic nitrogens is 1. The number of primary amides is 1. The fourth-order valence-corrected chi connectivity index (χ4v) is 8.32. The van der Waals surface area contributed by atoms with Crippen LogP contribution in [0.1, 0.15) is 38.2 Å². The molecule has 1 heterocycles. The van der Waals surface area contributed by atoms with Gasteiger partial charge >= 0.3 is 0 Å². The van der Waals surface area contributed by atoms with Crippen molar-refractivity contribution in [3.8, 4) is 11.1 Å². The number of aryl methyl sites for hydroxylation is 3. The highest BCUT2D eigenvalue weighted by atomic mass is 32.2. The van der Waals surface area contributed by atoms with Crippen LogP contribution in [0.25, 0.3) is 22.0 Å². The number of rotatable bonds is 12. The van der Waals surface area contributed by atoms with Crippen molar-refractivity contribution in [3.05, 3.63) is 161 Å². The Morgan fingerprint density at radius 1 is 0.698 bits per heavy atom. The summed E-state index contributed by atoms with van der Waals surface area (Å²) >= 11 is 0. The fourth-order valence-electron chi connectivity index (χ4n) is 6.74.